The summed E-state index contributed by atoms with van der Waals surface area (Å²) < 4.78 is 5.82. The van der Waals surface area contributed by atoms with E-state index in [4.69, 9.17) is 4.74 Å². The van der Waals surface area contributed by atoms with Crippen molar-refractivity contribution >= 4 is 27.5 Å². The Balaban J connectivity index is 1.76. The first kappa shape index (κ1) is 14.5. The van der Waals surface area contributed by atoms with E-state index in [9.17, 15) is 4.79 Å². The Morgan fingerprint density at radius 3 is 2.56 bits per heavy atom. The van der Waals surface area contributed by atoms with Crippen molar-refractivity contribution in [3.05, 3.63) is 0 Å². The van der Waals surface area contributed by atoms with E-state index in [0.717, 1.165) is 32.4 Å². The first-order chi connectivity index (χ1) is 8.66. The number of amides is 1. The average molecular weight is 289 g/mol. The molecule has 0 saturated carbocycles. The van der Waals surface area contributed by atoms with Gasteiger partial charge >= 0.3 is 0 Å². The molecule has 0 bridgehead atoms. The lowest BCUT2D eigenvalue weighted by Crippen LogP contribution is -2.45. The summed E-state index contributed by atoms with van der Waals surface area (Å²) in [6, 6.07) is 0. The molecule has 2 aliphatic heterocycles. The Bertz CT molecular complexity index is 272. The molecule has 2 aliphatic rings. The molecule has 0 aromatic rings. The first-order valence-corrected chi connectivity index (χ1v) is 9.27. The Kier molecular flexibility index (Phi) is 5.70. The number of nitrogens with zero attached hydrogens (tertiary/aromatic N) is 1. The van der Waals surface area contributed by atoms with E-state index in [0.29, 0.717) is 18.1 Å². The SMILES string of the molecule is CC(C)OC1CCN(C(=O)C2CCCSS2)CC1. The summed E-state index contributed by atoms with van der Waals surface area (Å²) in [5.74, 6) is 1.55. The molecule has 18 heavy (non-hydrogen) atoms. The molecule has 0 N–H and O–H groups in total. The zero-order chi connectivity index (χ0) is 13.0. The third kappa shape index (κ3) is 4.07. The summed E-state index contributed by atoms with van der Waals surface area (Å²) in [6.45, 7) is 5.90. The number of hydrogen-bond acceptors (Lipinski definition) is 4. The highest BCUT2D eigenvalue weighted by atomic mass is 33.1. The van der Waals surface area contributed by atoms with Crippen LogP contribution in [-0.4, -0.2) is 47.1 Å². The second-order valence-electron chi connectivity index (χ2n) is 5.26. The molecule has 2 rings (SSSR count). The minimum atomic E-state index is 0.200. The third-order valence-electron chi connectivity index (χ3n) is 3.37. The summed E-state index contributed by atoms with van der Waals surface area (Å²) in [6.07, 6.45) is 4.87. The summed E-state index contributed by atoms with van der Waals surface area (Å²) in [7, 11) is 3.62. The molecule has 3 nitrogen and oxygen atoms in total. The molecule has 5 heteroatoms. The molecule has 1 atom stereocenters. The lowest BCUT2D eigenvalue weighted by Gasteiger charge is -2.35. The van der Waals surface area contributed by atoms with Crippen LogP contribution in [-0.2, 0) is 9.53 Å². The quantitative estimate of drug-likeness (QED) is 0.747. The number of hydrogen-bond donors (Lipinski definition) is 0. The van der Waals surface area contributed by atoms with E-state index in [1.54, 1.807) is 10.8 Å². The highest BCUT2D eigenvalue weighted by Gasteiger charge is 2.30. The number of rotatable bonds is 3. The van der Waals surface area contributed by atoms with Gasteiger partial charge < -0.3 is 9.64 Å². The number of carbonyl (C=O) groups excluding carboxylic acids is 1. The van der Waals surface area contributed by atoms with E-state index >= 15 is 0 Å². The van der Waals surface area contributed by atoms with Crippen LogP contribution < -0.4 is 0 Å². The monoisotopic (exact) mass is 289 g/mol. The van der Waals surface area contributed by atoms with Gasteiger partial charge in [0.05, 0.1) is 17.5 Å². The van der Waals surface area contributed by atoms with Gasteiger partial charge in [0, 0.05) is 18.8 Å². The van der Waals surface area contributed by atoms with Crippen LogP contribution in [0.5, 0.6) is 0 Å². The number of carbonyl (C=O) groups is 1. The molecule has 0 aromatic carbocycles. The summed E-state index contributed by atoms with van der Waals surface area (Å²) >= 11 is 0. The maximum Gasteiger partial charge on any atom is 0.236 e. The molecular formula is C13H23NO2S2. The predicted octanol–water partition coefficient (Wildman–Crippen LogP) is 2.95. The fraction of sp³-hybridized carbons (Fsp3) is 0.923. The maximum absolute atomic E-state index is 12.3. The van der Waals surface area contributed by atoms with Crippen LogP contribution in [0.15, 0.2) is 0 Å². The Labute approximate surface area is 118 Å². The van der Waals surface area contributed by atoms with Crippen molar-refractivity contribution in [2.24, 2.45) is 0 Å². The zero-order valence-corrected chi connectivity index (χ0v) is 12.9. The molecule has 104 valence electrons. The van der Waals surface area contributed by atoms with Crippen LogP contribution in [0.4, 0.5) is 0 Å². The van der Waals surface area contributed by atoms with E-state index in [2.05, 4.69) is 13.8 Å². The van der Waals surface area contributed by atoms with Crippen molar-refractivity contribution in [3.8, 4) is 0 Å². The molecule has 0 aromatic heterocycles. The Morgan fingerprint density at radius 2 is 2.00 bits per heavy atom. The topological polar surface area (TPSA) is 29.5 Å². The van der Waals surface area contributed by atoms with E-state index in [-0.39, 0.29) is 5.25 Å². The number of likely N-dealkylation sites (tertiary alicyclic amines) is 1. The lowest BCUT2D eigenvalue weighted by molar-refractivity contribution is -0.133. The second kappa shape index (κ2) is 7.06. The summed E-state index contributed by atoms with van der Waals surface area (Å²) in [4.78, 5) is 14.4. The molecule has 2 saturated heterocycles. The number of ether oxygens (including phenoxy) is 1. The molecule has 1 unspecified atom stereocenters. The molecular weight excluding hydrogens is 266 g/mol. The fourth-order valence-electron chi connectivity index (χ4n) is 2.47. The van der Waals surface area contributed by atoms with Crippen molar-refractivity contribution in [2.45, 2.75) is 57.0 Å². The van der Waals surface area contributed by atoms with Gasteiger partial charge in [-0.15, -0.1) is 0 Å². The van der Waals surface area contributed by atoms with Gasteiger partial charge in [0.25, 0.3) is 0 Å². The minimum absolute atomic E-state index is 0.200. The Morgan fingerprint density at radius 1 is 1.28 bits per heavy atom. The minimum Gasteiger partial charge on any atom is -0.375 e. The molecule has 0 spiro atoms. The third-order valence-corrected chi connectivity index (χ3v) is 6.24. The van der Waals surface area contributed by atoms with Crippen molar-refractivity contribution in [1.82, 2.24) is 4.90 Å². The van der Waals surface area contributed by atoms with Crippen molar-refractivity contribution in [3.63, 3.8) is 0 Å². The number of piperidine rings is 1. The molecule has 1 amide bonds. The first-order valence-electron chi connectivity index (χ1n) is 6.89. The van der Waals surface area contributed by atoms with Crippen LogP contribution in [0.25, 0.3) is 0 Å². The molecule has 0 aliphatic carbocycles. The van der Waals surface area contributed by atoms with Crippen LogP contribution in [0, 0.1) is 0 Å². The molecule has 0 radical (unpaired) electrons. The van der Waals surface area contributed by atoms with E-state index < -0.39 is 0 Å². The van der Waals surface area contributed by atoms with Gasteiger partial charge in [0.15, 0.2) is 0 Å². The second-order valence-corrected chi connectivity index (χ2v) is 7.95. The van der Waals surface area contributed by atoms with E-state index in [1.165, 1.54) is 12.2 Å². The Hall–Kier alpha value is 0.130. The highest BCUT2D eigenvalue weighted by molar-refractivity contribution is 8.77. The van der Waals surface area contributed by atoms with Gasteiger partial charge in [-0.1, -0.05) is 21.6 Å². The van der Waals surface area contributed by atoms with Crippen LogP contribution in [0.1, 0.15) is 39.5 Å². The highest BCUT2D eigenvalue weighted by Crippen LogP contribution is 2.36. The predicted molar refractivity (Wildman–Crippen MR) is 78.9 cm³/mol. The lowest BCUT2D eigenvalue weighted by atomic mass is 10.1. The van der Waals surface area contributed by atoms with Gasteiger partial charge in [0.2, 0.25) is 5.91 Å². The van der Waals surface area contributed by atoms with Crippen LogP contribution in [0.2, 0.25) is 0 Å². The van der Waals surface area contributed by atoms with Gasteiger partial charge in [-0.2, -0.15) is 0 Å². The van der Waals surface area contributed by atoms with Crippen molar-refractivity contribution in [1.29, 1.82) is 0 Å². The van der Waals surface area contributed by atoms with E-state index in [1.807, 2.05) is 15.7 Å². The van der Waals surface area contributed by atoms with Crippen molar-refractivity contribution in [2.75, 3.05) is 18.8 Å². The maximum atomic E-state index is 12.3. The van der Waals surface area contributed by atoms with Gasteiger partial charge in [-0.25, -0.2) is 0 Å². The molecule has 2 heterocycles. The van der Waals surface area contributed by atoms with Crippen LogP contribution >= 0.6 is 21.6 Å². The zero-order valence-electron chi connectivity index (χ0n) is 11.3. The van der Waals surface area contributed by atoms with Crippen LogP contribution in [0.3, 0.4) is 0 Å². The smallest absolute Gasteiger partial charge is 0.236 e. The summed E-state index contributed by atoms with van der Waals surface area (Å²) in [5, 5.41) is 0.200. The fourth-order valence-corrected chi connectivity index (χ4v) is 5.18. The molecule has 2 fully saturated rings. The van der Waals surface area contributed by atoms with Gasteiger partial charge in [-0.05, 0) is 39.5 Å². The largest absolute Gasteiger partial charge is 0.375 e. The van der Waals surface area contributed by atoms with Gasteiger partial charge in [-0.3, -0.25) is 4.79 Å². The van der Waals surface area contributed by atoms with Gasteiger partial charge in [0.1, 0.15) is 0 Å². The normalized spacial score (nSPS) is 26.6. The average Bonchev–Trinajstić information content (AvgIpc) is 2.39. The standard InChI is InChI=1S/C13H23NO2S2/c1-10(2)16-11-5-7-14(8-6-11)13(15)12-4-3-9-17-18-12/h10-12H,3-9H2,1-2H3. The van der Waals surface area contributed by atoms with Crippen molar-refractivity contribution < 1.29 is 9.53 Å². The summed E-state index contributed by atoms with van der Waals surface area (Å²) in [5.41, 5.74) is 0.